The number of carboxylic acid groups (broad SMARTS) is 1. The maximum absolute atomic E-state index is 10.4. The molecule has 2 N–H and O–H groups in total. The second-order valence-corrected chi connectivity index (χ2v) is 3.20. The fraction of sp³-hybridized carbons (Fsp3) is 0.889. The molecule has 5 heteroatoms. The van der Waals surface area contributed by atoms with Crippen LogP contribution in [0.2, 0.25) is 0 Å². The van der Waals surface area contributed by atoms with Gasteiger partial charge in [0.1, 0.15) is 0 Å². The van der Waals surface area contributed by atoms with Crippen molar-refractivity contribution in [3.05, 3.63) is 0 Å². The van der Waals surface area contributed by atoms with E-state index in [1.165, 1.54) is 0 Å². The molecule has 0 aromatic carbocycles. The summed E-state index contributed by atoms with van der Waals surface area (Å²) in [4.78, 5) is 10.4. The van der Waals surface area contributed by atoms with E-state index in [9.17, 15) is 9.90 Å². The molecule has 2 atom stereocenters. The number of methoxy groups -OCH3 is 1. The first-order valence-electron chi connectivity index (χ1n) is 4.55. The number of hydrogen-bond acceptors (Lipinski definition) is 4. The van der Waals surface area contributed by atoms with Crippen molar-refractivity contribution < 1.29 is 24.5 Å². The molecule has 0 aliphatic carbocycles. The van der Waals surface area contributed by atoms with Crippen molar-refractivity contribution in [2.24, 2.45) is 5.92 Å². The van der Waals surface area contributed by atoms with Gasteiger partial charge in [-0.25, -0.2) is 0 Å². The summed E-state index contributed by atoms with van der Waals surface area (Å²) in [5.74, 6) is -1.45. The highest BCUT2D eigenvalue weighted by Crippen LogP contribution is 2.06. The minimum Gasteiger partial charge on any atom is -0.481 e. The molecule has 5 nitrogen and oxygen atoms in total. The van der Waals surface area contributed by atoms with Gasteiger partial charge in [0.25, 0.3) is 0 Å². The zero-order valence-corrected chi connectivity index (χ0v) is 8.60. The van der Waals surface area contributed by atoms with Gasteiger partial charge in [-0.2, -0.15) is 0 Å². The number of aliphatic hydroxyl groups excluding tert-OH is 1. The molecule has 0 saturated carbocycles. The SMILES string of the molecule is COCCOCC(O)CC(C)C(=O)O. The molecule has 84 valence electrons. The third-order valence-corrected chi connectivity index (χ3v) is 1.79. The van der Waals surface area contributed by atoms with Gasteiger partial charge >= 0.3 is 5.97 Å². The normalized spacial score (nSPS) is 15.1. The fourth-order valence-electron chi connectivity index (χ4n) is 0.939. The van der Waals surface area contributed by atoms with Gasteiger partial charge in [0.15, 0.2) is 0 Å². The molecule has 0 heterocycles. The van der Waals surface area contributed by atoms with Gasteiger partial charge in [0.05, 0.1) is 31.8 Å². The van der Waals surface area contributed by atoms with Crippen LogP contribution in [-0.4, -0.2) is 49.2 Å². The van der Waals surface area contributed by atoms with Crippen LogP contribution in [0.4, 0.5) is 0 Å². The molecule has 2 unspecified atom stereocenters. The Morgan fingerprint density at radius 2 is 2.07 bits per heavy atom. The molecular formula is C9H18O5. The largest absolute Gasteiger partial charge is 0.481 e. The Bertz CT molecular complexity index is 159. The van der Waals surface area contributed by atoms with Gasteiger partial charge in [-0.05, 0) is 6.42 Å². The van der Waals surface area contributed by atoms with Crippen LogP contribution < -0.4 is 0 Å². The molecule has 0 rings (SSSR count). The van der Waals surface area contributed by atoms with Crippen LogP contribution in [-0.2, 0) is 14.3 Å². The van der Waals surface area contributed by atoms with Crippen LogP contribution in [0.5, 0.6) is 0 Å². The first kappa shape index (κ1) is 13.4. The molecule has 0 fully saturated rings. The summed E-state index contributed by atoms with van der Waals surface area (Å²) in [5, 5.41) is 17.9. The van der Waals surface area contributed by atoms with Crippen LogP contribution in [0, 0.1) is 5.92 Å². The molecule has 0 saturated heterocycles. The average molecular weight is 206 g/mol. The van der Waals surface area contributed by atoms with E-state index in [1.54, 1.807) is 14.0 Å². The van der Waals surface area contributed by atoms with Crippen LogP contribution >= 0.6 is 0 Å². The van der Waals surface area contributed by atoms with E-state index >= 15 is 0 Å². The maximum atomic E-state index is 10.4. The Kier molecular flexibility index (Phi) is 7.37. The van der Waals surface area contributed by atoms with Gasteiger partial charge in [0.2, 0.25) is 0 Å². The molecule has 0 aliphatic heterocycles. The van der Waals surface area contributed by atoms with Crippen molar-refractivity contribution in [2.45, 2.75) is 19.4 Å². The molecule has 0 aromatic rings. The Hall–Kier alpha value is -0.650. The van der Waals surface area contributed by atoms with E-state index in [0.717, 1.165) is 0 Å². The van der Waals surface area contributed by atoms with Crippen molar-refractivity contribution in [3.63, 3.8) is 0 Å². The van der Waals surface area contributed by atoms with Crippen molar-refractivity contribution in [2.75, 3.05) is 26.9 Å². The molecule has 0 bridgehead atoms. The fourth-order valence-corrected chi connectivity index (χ4v) is 0.939. The second kappa shape index (κ2) is 7.73. The Labute approximate surface area is 83.6 Å². The summed E-state index contributed by atoms with van der Waals surface area (Å²) in [7, 11) is 1.56. The summed E-state index contributed by atoms with van der Waals surface area (Å²) >= 11 is 0. The van der Waals surface area contributed by atoms with E-state index in [0.29, 0.717) is 13.2 Å². The number of carboxylic acids is 1. The maximum Gasteiger partial charge on any atom is 0.306 e. The predicted molar refractivity (Wildman–Crippen MR) is 50.1 cm³/mol. The highest BCUT2D eigenvalue weighted by molar-refractivity contribution is 5.69. The number of carbonyl (C=O) groups is 1. The minimum atomic E-state index is -0.902. The third-order valence-electron chi connectivity index (χ3n) is 1.79. The quantitative estimate of drug-likeness (QED) is 0.552. The lowest BCUT2D eigenvalue weighted by molar-refractivity contribution is -0.142. The van der Waals surface area contributed by atoms with Crippen LogP contribution in [0.3, 0.4) is 0 Å². The summed E-state index contributed by atoms with van der Waals surface area (Å²) < 4.78 is 9.79. The van der Waals surface area contributed by atoms with Gasteiger partial charge < -0.3 is 19.7 Å². The van der Waals surface area contributed by atoms with Gasteiger partial charge in [0, 0.05) is 7.11 Å². The lowest BCUT2D eigenvalue weighted by Crippen LogP contribution is -2.23. The molecule has 0 amide bonds. The van der Waals surface area contributed by atoms with Gasteiger partial charge in [-0.1, -0.05) is 6.92 Å². The number of ether oxygens (including phenoxy) is 2. The molecule has 14 heavy (non-hydrogen) atoms. The highest BCUT2D eigenvalue weighted by Gasteiger charge is 2.16. The van der Waals surface area contributed by atoms with Gasteiger partial charge in [-0.3, -0.25) is 4.79 Å². The van der Waals surface area contributed by atoms with E-state index in [-0.39, 0.29) is 13.0 Å². The Morgan fingerprint density at radius 3 is 2.57 bits per heavy atom. The summed E-state index contributed by atoms with van der Waals surface area (Å²) in [6.45, 7) is 2.60. The van der Waals surface area contributed by atoms with Crippen LogP contribution in [0.25, 0.3) is 0 Å². The summed E-state index contributed by atoms with van der Waals surface area (Å²) in [6, 6.07) is 0. The third kappa shape index (κ3) is 6.82. The zero-order chi connectivity index (χ0) is 11.0. The van der Waals surface area contributed by atoms with Crippen LogP contribution in [0.1, 0.15) is 13.3 Å². The predicted octanol–water partition coefficient (Wildman–Crippen LogP) is 0.121. The van der Waals surface area contributed by atoms with Crippen molar-refractivity contribution in [3.8, 4) is 0 Å². The molecule has 0 aromatic heterocycles. The van der Waals surface area contributed by atoms with E-state index in [2.05, 4.69) is 0 Å². The lowest BCUT2D eigenvalue weighted by Gasteiger charge is -2.13. The average Bonchev–Trinajstić information content (AvgIpc) is 2.12. The summed E-state index contributed by atoms with van der Waals surface area (Å²) in [6.07, 6.45) is -0.513. The van der Waals surface area contributed by atoms with Crippen LogP contribution in [0.15, 0.2) is 0 Å². The standard InChI is InChI=1S/C9H18O5/c1-7(9(11)12)5-8(10)6-14-4-3-13-2/h7-8,10H,3-6H2,1-2H3,(H,11,12). The Balaban J connectivity index is 3.45. The summed E-state index contributed by atoms with van der Waals surface area (Å²) in [5.41, 5.74) is 0. The van der Waals surface area contributed by atoms with E-state index < -0.39 is 18.0 Å². The van der Waals surface area contributed by atoms with Crippen molar-refractivity contribution in [1.82, 2.24) is 0 Å². The van der Waals surface area contributed by atoms with E-state index in [4.69, 9.17) is 14.6 Å². The first-order valence-corrected chi connectivity index (χ1v) is 4.55. The monoisotopic (exact) mass is 206 g/mol. The minimum absolute atomic E-state index is 0.154. The number of aliphatic carboxylic acids is 1. The van der Waals surface area contributed by atoms with Gasteiger partial charge in [-0.15, -0.1) is 0 Å². The molecule has 0 spiro atoms. The number of rotatable bonds is 8. The highest BCUT2D eigenvalue weighted by atomic mass is 16.5. The topological polar surface area (TPSA) is 76.0 Å². The lowest BCUT2D eigenvalue weighted by atomic mass is 10.0. The van der Waals surface area contributed by atoms with E-state index in [1.807, 2.05) is 0 Å². The second-order valence-electron chi connectivity index (χ2n) is 3.20. The number of hydrogen-bond donors (Lipinski definition) is 2. The smallest absolute Gasteiger partial charge is 0.306 e. The Morgan fingerprint density at radius 1 is 1.43 bits per heavy atom. The van der Waals surface area contributed by atoms with Crippen molar-refractivity contribution in [1.29, 1.82) is 0 Å². The molecule has 0 radical (unpaired) electrons. The van der Waals surface area contributed by atoms with Crippen molar-refractivity contribution >= 4 is 5.97 Å². The molecular weight excluding hydrogens is 188 g/mol. The number of aliphatic hydroxyl groups is 1. The zero-order valence-electron chi connectivity index (χ0n) is 8.60. The molecule has 0 aliphatic rings. The first-order chi connectivity index (χ1) is 6.57.